The molecule has 0 fully saturated rings. The first-order valence-electron chi connectivity index (χ1n) is 6.61. The van der Waals surface area contributed by atoms with Crippen molar-refractivity contribution in [3.63, 3.8) is 0 Å². The van der Waals surface area contributed by atoms with Crippen LogP contribution in [0.3, 0.4) is 0 Å². The Morgan fingerprint density at radius 1 is 1.26 bits per heavy atom. The van der Waals surface area contributed by atoms with E-state index in [-0.39, 0.29) is 11.4 Å². The summed E-state index contributed by atoms with van der Waals surface area (Å²) >= 11 is 0. The van der Waals surface area contributed by atoms with Crippen molar-refractivity contribution < 1.29 is 27.9 Å². The number of nitrogens with one attached hydrogen (secondary N) is 3. The smallest absolute Gasteiger partial charge is 0.433 e. The molecule has 0 bridgehead atoms. The predicted octanol–water partition coefficient (Wildman–Crippen LogP) is 2.52. The lowest BCUT2D eigenvalue weighted by Crippen LogP contribution is -2.52. The minimum atomic E-state index is -4.61. The van der Waals surface area contributed by atoms with Crippen LogP contribution in [0.5, 0.6) is 0 Å². The van der Waals surface area contributed by atoms with Gasteiger partial charge in [0.25, 0.3) is 0 Å². The van der Waals surface area contributed by atoms with Crippen molar-refractivity contribution in [2.24, 2.45) is 0 Å². The van der Waals surface area contributed by atoms with Crippen LogP contribution in [0.2, 0.25) is 0 Å². The number of carboxylic acid groups (broad SMARTS) is 1. The molecule has 0 spiro atoms. The SMILES string of the molecule is CCNc1cc(C(F)(F)F)ncc1NC(=O)C(C)(C)NC(=O)O. The second-order valence-corrected chi connectivity index (χ2v) is 5.15. The highest BCUT2D eigenvalue weighted by Gasteiger charge is 2.34. The fourth-order valence-electron chi connectivity index (χ4n) is 1.65. The summed E-state index contributed by atoms with van der Waals surface area (Å²) in [7, 11) is 0. The Morgan fingerprint density at radius 3 is 2.35 bits per heavy atom. The maximum absolute atomic E-state index is 12.7. The third-order valence-corrected chi connectivity index (χ3v) is 2.80. The Balaban J connectivity index is 3.08. The highest BCUT2D eigenvalue weighted by atomic mass is 19.4. The van der Waals surface area contributed by atoms with Gasteiger partial charge in [-0.25, -0.2) is 9.78 Å². The van der Waals surface area contributed by atoms with Gasteiger partial charge in [0.15, 0.2) is 0 Å². The third kappa shape index (κ3) is 5.01. The van der Waals surface area contributed by atoms with Gasteiger partial charge in [0.2, 0.25) is 5.91 Å². The number of anilines is 2. The average molecular weight is 334 g/mol. The number of rotatable bonds is 5. The zero-order valence-electron chi connectivity index (χ0n) is 12.7. The summed E-state index contributed by atoms with van der Waals surface area (Å²) in [5.74, 6) is -0.736. The summed E-state index contributed by atoms with van der Waals surface area (Å²) in [6.45, 7) is 4.64. The van der Waals surface area contributed by atoms with E-state index < -0.39 is 29.4 Å². The van der Waals surface area contributed by atoms with Crippen molar-refractivity contribution in [2.45, 2.75) is 32.5 Å². The summed E-state index contributed by atoms with van der Waals surface area (Å²) in [5, 5.41) is 15.8. The van der Waals surface area contributed by atoms with Gasteiger partial charge in [-0.1, -0.05) is 0 Å². The summed E-state index contributed by atoms with van der Waals surface area (Å²) in [6, 6.07) is 0.775. The molecule has 1 aromatic rings. The van der Waals surface area contributed by atoms with E-state index >= 15 is 0 Å². The topological polar surface area (TPSA) is 103 Å². The molecule has 0 saturated heterocycles. The first kappa shape index (κ1) is 18.5. The fourth-order valence-corrected chi connectivity index (χ4v) is 1.65. The second kappa shape index (κ2) is 6.71. The number of carbonyl (C=O) groups is 2. The van der Waals surface area contributed by atoms with Gasteiger partial charge in [0.05, 0.1) is 17.6 Å². The van der Waals surface area contributed by atoms with Crippen molar-refractivity contribution in [1.29, 1.82) is 0 Å². The first-order chi connectivity index (χ1) is 10.5. The Labute approximate surface area is 130 Å². The zero-order valence-corrected chi connectivity index (χ0v) is 12.7. The molecule has 0 aliphatic carbocycles. The van der Waals surface area contributed by atoms with Gasteiger partial charge in [-0.2, -0.15) is 13.2 Å². The Morgan fingerprint density at radius 2 is 1.87 bits per heavy atom. The van der Waals surface area contributed by atoms with E-state index in [1.54, 1.807) is 6.92 Å². The Kier molecular flexibility index (Phi) is 5.41. The molecule has 2 amide bonds. The number of halogens is 3. The number of alkyl halides is 3. The van der Waals surface area contributed by atoms with Crippen LogP contribution in [-0.2, 0) is 11.0 Å². The van der Waals surface area contributed by atoms with Crippen LogP contribution >= 0.6 is 0 Å². The molecule has 4 N–H and O–H groups in total. The standard InChI is InChI=1S/C13H17F3N4O3/c1-4-17-7-5-9(13(14,15)16)18-6-8(7)19-10(21)12(2,3)20-11(22)23/h5-6,20H,4H2,1-3H3,(H,17,18)(H,19,21)(H,22,23). The molecule has 1 heterocycles. The largest absolute Gasteiger partial charge is 0.465 e. The van der Waals surface area contributed by atoms with Crippen LogP contribution in [0.4, 0.5) is 29.3 Å². The van der Waals surface area contributed by atoms with Crippen molar-refractivity contribution in [3.8, 4) is 0 Å². The molecule has 10 heteroatoms. The summed E-state index contributed by atoms with van der Waals surface area (Å²) in [5.41, 5.74) is -2.52. The third-order valence-electron chi connectivity index (χ3n) is 2.80. The number of amides is 2. The molecule has 1 rings (SSSR count). The molecule has 0 atom stereocenters. The molecule has 0 aliphatic heterocycles. The molecule has 0 saturated carbocycles. The maximum atomic E-state index is 12.7. The summed E-state index contributed by atoms with van der Waals surface area (Å²) < 4.78 is 38.0. The highest BCUT2D eigenvalue weighted by Crippen LogP contribution is 2.32. The van der Waals surface area contributed by atoms with E-state index in [1.165, 1.54) is 13.8 Å². The van der Waals surface area contributed by atoms with E-state index in [4.69, 9.17) is 5.11 Å². The summed E-state index contributed by atoms with van der Waals surface area (Å²) in [6.07, 6.45) is -5.14. The number of hydrogen-bond acceptors (Lipinski definition) is 4. The number of aromatic nitrogens is 1. The van der Waals surface area contributed by atoms with Crippen LogP contribution in [-0.4, -0.2) is 34.2 Å². The number of carbonyl (C=O) groups excluding carboxylic acids is 1. The van der Waals surface area contributed by atoms with E-state index in [0.717, 1.165) is 12.3 Å². The van der Waals surface area contributed by atoms with E-state index in [1.807, 2.05) is 5.32 Å². The molecule has 23 heavy (non-hydrogen) atoms. The van der Waals surface area contributed by atoms with Crippen molar-refractivity contribution >= 4 is 23.4 Å². The van der Waals surface area contributed by atoms with E-state index in [2.05, 4.69) is 15.6 Å². The van der Waals surface area contributed by atoms with Crippen molar-refractivity contribution in [3.05, 3.63) is 18.0 Å². The molecule has 7 nitrogen and oxygen atoms in total. The summed E-state index contributed by atoms with van der Waals surface area (Å²) in [4.78, 5) is 26.0. The fraction of sp³-hybridized carbons (Fsp3) is 0.462. The van der Waals surface area contributed by atoms with Crippen LogP contribution in [0.1, 0.15) is 26.5 Å². The first-order valence-corrected chi connectivity index (χ1v) is 6.61. The monoisotopic (exact) mass is 334 g/mol. The van der Waals surface area contributed by atoms with Crippen molar-refractivity contribution in [1.82, 2.24) is 10.3 Å². The van der Waals surface area contributed by atoms with Crippen LogP contribution in [0.25, 0.3) is 0 Å². The normalized spacial score (nSPS) is 11.7. The number of nitrogens with zero attached hydrogens (tertiary/aromatic N) is 1. The molecule has 0 unspecified atom stereocenters. The Hall–Kier alpha value is -2.52. The van der Waals surface area contributed by atoms with E-state index in [0.29, 0.717) is 6.54 Å². The van der Waals surface area contributed by atoms with Crippen LogP contribution in [0, 0.1) is 0 Å². The average Bonchev–Trinajstić information content (AvgIpc) is 2.38. The lowest BCUT2D eigenvalue weighted by Gasteiger charge is -2.24. The van der Waals surface area contributed by atoms with Gasteiger partial charge < -0.3 is 21.1 Å². The molecule has 1 aromatic heterocycles. The molecule has 0 radical (unpaired) electrons. The van der Waals surface area contributed by atoms with Gasteiger partial charge in [0.1, 0.15) is 11.2 Å². The van der Waals surface area contributed by atoms with Gasteiger partial charge >= 0.3 is 12.3 Å². The molecule has 128 valence electrons. The lowest BCUT2D eigenvalue weighted by atomic mass is 10.0. The Bertz CT molecular complexity index is 603. The van der Waals surface area contributed by atoms with Crippen LogP contribution < -0.4 is 16.0 Å². The maximum Gasteiger partial charge on any atom is 0.433 e. The molecule has 0 aliphatic rings. The molecule has 0 aromatic carbocycles. The lowest BCUT2D eigenvalue weighted by molar-refractivity contribution is -0.141. The zero-order chi connectivity index (χ0) is 17.8. The second-order valence-electron chi connectivity index (χ2n) is 5.15. The predicted molar refractivity (Wildman–Crippen MR) is 77.3 cm³/mol. The quantitative estimate of drug-likeness (QED) is 0.662. The van der Waals surface area contributed by atoms with Crippen LogP contribution in [0.15, 0.2) is 12.3 Å². The number of pyridine rings is 1. The molecular weight excluding hydrogens is 317 g/mol. The highest BCUT2D eigenvalue weighted by molar-refractivity contribution is 6.01. The van der Waals surface area contributed by atoms with Gasteiger partial charge in [-0.15, -0.1) is 0 Å². The van der Waals surface area contributed by atoms with E-state index in [9.17, 15) is 22.8 Å². The minimum Gasteiger partial charge on any atom is -0.465 e. The van der Waals surface area contributed by atoms with Gasteiger partial charge in [-0.3, -0.25) is 4.79 Å². The van der Waals surface area contributed by atoms with Crippen molar-refractivity contribution in [2.75, 3.05) is 17.2 Å². The van der Waals surface area contributed by atoms with Gasteiger partial charge in [0, 0.05) is 6.54 Å². The minimum absolute atomic E-state index is 0.0186. The van der Waals surface area contributed by atoms with Gasteiger partial charge in [-0.05, 0) is 26.8 Å². The number of hydrogen-bond donors (Lipinski definition) is 4. The molecular formula is C13H17F3N4O3.